The Morgan fingerprint density at radius 2 is 2.40 bits per heavy atom. The number of nitrogens with zero attached hydrogens (tertiary/aromatic N) is 2. The smallest absolute Gasteiger partial charge is 0.272 e. The van der Waals surface area contributed by atoms with Gasteiger partial charge in [-0.3, -0.25) is 0 Å². The van der Waals surface area contributed by atoms with Crippen LogP contribution >= 0.6 is 0 Å². The molecule has 0 atom stereocenters. The zero-order valence-electron chi connectivity index (χ0n) is 5.71. The summed E-state index contributed by atoms with van der Waals surface area (Å²) in [5.74, 6) is 0.736. The Balaban J connectivity index is 3.17. The second-order valence-electron chi connectivity index (χ2n) is 1.73. The van der Waals surface area contributed by atoms with Crippen molar-refractivity contribution in [3.63, 3.8) is 0 Å². The first-order valence-electron chi connectivity index (χ1n) is 2.70. The van der Waals surface area contributed by atoms with Crippen LogP contribution in [0.15, 0.2) is 4.52 Å². The summed E-state index contributed by atoms with van der Waals surface area (Å²) in [4.78, 5) is 0. The minimum absolute atomic E-state index is 0.250. The summed E-state index contributed by atoms with van der Waals surface area (Å²) in [7, 11) is 1.44. The minimum atomic E-state index is 0.250. The van der Waals surface area contributed by atoms with E-state index in [0.717, 1.165) is 0 Å². The highest BCUT2D eigenvalue weighted by Gasteiger charge is 2.11. The summed E-state index contributed by atoms with van der Waals surface area (Å²) in [5, 5.41) is 12.0. The van der Waals surface area contributed by atoms with E-state index in [2.05, 4.69) is 9.68 Å². The molecule has 0 amide bonds. The summed E-state index contributed by atoms with van der Waals surface area (Å²) >= 11 is 0. The zero-order valence-corrected chi connectivity index (χ0v) is 5.71. The SMILES string of the molecule is COc1noc(C)c1C#N. The van der Waals surface area contributed by atoms with Gasteiger partial charge in [-0.1, -0.05) is 0 Å². The summed E-state index contributed by atoms with van der Waals surface area (Å²) < 4.78 is 9.41. The fraction of sp³-hybridized carbons (Fsp3) is 0.333. The first-order chi connectivity index (χ1) is 4.79. The van der Waals surface area contributed by atoms with Crippen molar-refractivity contribution in [2.75, 3.05) is 7.11 Å². The van der Waals surface area contributed by atoms with Gasteiger partial charge in [0.15, 0.2) is 11.3 Å². The number of hydrogen-bond acceptors (Lipinski definition) is 4. The third-order valence-corrected chi connectivity index (χ3v) is 1.14. The topological polar surface area (TPSA) is 59.1 Å². The summed E-state index contributed by atoms with van der Waals surface area (Å²) in [6.45, 7) is 1.66. The first kappa shape index (κ1) is 6.62. The van der Waals surface area contributed by atoms with Crippen molar-refractivity contribution in [2.45, 2.75) is 6.92 Å². The van der Waals surface area contributed by atoms with Gasteiger partial charge in [0, 0.05) is 0 Å². The molecule has 10 heavy (non-hydrogen) atoms. The number of ether oxygens (including phenoxy) is 1. The molecule has 1 heterocycles. The van der Waals surface area contributed by atoms with E-state index in [-0.39, 0.29) is 5.88 Å². The quantitative estimate of drug-likeness (QED) is 0.577. The van der Waals surface area contributed by atoms with Gasteiger partial charge in [-0.2, -0.15) is 5.26 Å². The molecule has 0 radical (unpaired) electrons. The fourth-order valence-corrected chi connectivity index (χ4v) is 0.618. The van der Waals surface area contributed by atoms with Gasteiger partial charge in [0.2, 0.25) is 0 Å². The molecule has 0 bridgehead atoms. The molecule has 4 nitrogen and oxygen atoms in total. The van der Waals surface area contributed by atoms with Crippen LogP contribution in [0.1, 0.15) is 11.3 Å². The zero-order chi connectivity index (χ0) is 7.56. The highest BCUT2D eigenvalue weighted by atomic mass is 16.5. The van der Waals surface area contributed by atoms with Gasteiger partial charge in [0.25, 0.3) is 5.88 Å². The van der Waals surface area contributed by atoms with Crippen LogP contribution in [-0.2, 0) is 0 Å². The van der Waals surface area contributed by atoms with Crippen molar-refractivity contribution in [2.24, 2.45) is 0 Å². The van der Waals surface area contributed by atoms with Gasteiger partial charge in [-0.25, -0.2) is 0 Å². The van der Waals surface area contributed by atoms with E-state index in [4.69, 9.17) is 10.00 Å². The molecule has 0 unspecified atom stereocenters. The first-order valence-corrected chi connectivity index (χ1v) is 2.70. The van der Waals surface area contributed by atoms with Crippen molar-refractivity contribution in [3.8, 4) is 11.9 Å². The van der Waals surface area contributed by atoms with E-state index < -0.39 is 0 Å². The highest BCUT2D eigenvalue weighted by molar-refractivity contribution is 5.39. The van der Waals surface area contributed by atoms with E-state index in [0.29, 0.717) is 11.3 Å². The van der Waals surface area contributed by atoms with Crippen LogP contribution < -0.4 is 4.74 Å². The molecule has 0 aliphatic carbocycles. The molecule has 0 aromatic carbocycles. The predicted molar refractivity (Wildman–Crippen MR) is 32.5 cm³/mol. The predicted octanol–water partition coefficient (Wildman–Crippen LogP) is 0.863. The Hall–Kier alpha value is -1.50. The van der Waals surface area contributed by atoms with Gasteiger partial charge in [-0.05, 0) is 12.1 Å². The molecule has 0 saturated carbocycles. The maximum absolute atomic E-state index is 8.49. The van der Waals surface area contributed by atoms with Gasteiger partial charge in [0.05, 0.1) is 7.11 Å². The van der Waals surface area contributed by atoms with Crippen molar-refractivity contribution in [1.29, 1.82) is 5.26 Å². The fourth-order valence-electron chi connectivity index (χ4n) is 0.618. The average molecular weight is 138 g/mol. The molecule has 0 saturated heterocycles. The van der Waals surface area contributed by atoms with E-state index in [1.165, 1.54) is 7.11 Å². The maximum Gasteiger partial charge on any atom is 0.272 e. The Morgan fingerprint density at radius 3 is 2.80 bits per heavy atom. The van der Waals surface area contributed by atoms with E-state index >= 15 is 0 Å². The number of aromatic nitrogens is 1. The van der Waals surface area contributed by atoms with E-state index in [1.54, 1.807) is 6.92 Å². The normalized spacial score (nSPS) is 8.90. The van der Waals surface area contributed by atoms with Crippen LogP contribution in [0.25, 0.3) is 0 Å². The van der Waals surface area contributed by atoms with Crippen LogP contribution in [0.4, 0.5) is 0 Å². The maximum atomic E-state index is 8.49. The Morgan fingerprint density at radius 1 is 1.70 bits per heavy atom. The molecule has 0 fully saturated rings. The summed E-state index contributed by atoms with van der Waals surface area (Å²) in [6.07, 6.45) is 0. The number of hydrogen-bond donors (Lipinski definition) is 0. The third-order valence-electron chi connectivity index (χ3n) is 1.14. The molecule has 4 heteroatoms. The van der Waals surface area contributed by atoms with Gasteiger partial charge >= 0.3 is 0 Å². The summed E-state index contributed by atoms with van der Waals surface area (Å²) in [6, 6.07) is 1.91. The van der Waals surface area contributed by atoms with Gasteiger partial charge in [-0.15, -0.1) is 0 Å². The van der Waals surface area contributed by atoms with Crippen molar-refractivity contribution < 1.29 is 9.26 Å². The molecular formula is C6H6N2O2. The summed E-state index contributed by atoms with van der Waals surface area (Å²) in [5.41, 5.74) is 0.363. The molecule has 1 aromatic rings. The third kappa shape index (κ3) is 0.818. The molecule has 52 valence electrons. The van der Waals surface area contributed by atoms with Crippen LogP contribution in [0.5, 0.6) is 5.88 Å². The van der Waals surface area contributed by atoms with Crippen LogP contribution in [-0.4, -0.2) is 12.3 Å². The van der Waals surface area contributed by atoms with Crippen molar-refractivity contribution in [1.82, 2.24) is 5.16 Å². The monoisotopic (exact) mass is 138 g/mol. The lowest BCUT2D eigenvalue weighted by molar-refractivity contribution is 0.331. The number of nitriles is 1. The lowest BCUT2D eigenvalue weighted by Crippen LogP contribution is -1.84. The van der Waals surface area contributed by atoms with E-state index in [9.17, 15) is 0 Å². The molecule has 0 aliphatic heterocycles. The Bertz CT molecular complexity index is 272. The van der Waals surface area contributed by atoms with Crippen LogP contribution in [0, 0.1) is 18.3 Å². The van der Waals surface area contributed by atoms with Gasteiger partial charge < -0.3 is 9.26 Å². The molecule has 1 rings (SSSR count). The highest BCUT2D eigenvalue weighted by Crippen LogP contribution is 2.17. The molecule has 0 aliphatic rings. The van der Waals surface area contributed by atoms with Crippen molar-refractivity contribution >= 4 is 0 Å². The Kier molecular flexibility index (Phi) is 1.59. The van der Waals surface area contributed by atoms with E-state index in [1.807, 2.05) is 6.07 Å². The van der Waals surface area contributed by atoms with Crippen LogP contribution in [0.2, 0.25) is 0 Å². The number of methoxy groups -OCH3 is 1. The lowest BCUT2D eigenvalue weighted by atomic mass is 10.3. The molecular weight excluding hydrogens is 132 g/mol. The van der Waals surface area contributed by atoms with Crippen molar-refractivity contribution in [3.05, 3.63) is 11.3 Å². The molecule has 1 aromatic heterocycles. The van der Waals surface area contributed by atoms with Gasteiger partial charge in [0.1, 0.15) is 6.07 Å². The largest absolute Gasteiger partial charge is 0.478 e. The molecule has 0 N–H and O–H groups in total. The number of aryl methyl sites for hydroxylation is 1. The number of rotatable bonds is 1. The standard InChI is InChI=1S/C6H6N2O2/c1-4-5(3-7)6(9-2)8-10-4/h1-2H3. The molecule has 0 spiro atoms. The minimum Gasteiger partial charge on any atom is -0.478 e. The Labute approximate surface area is 58.0 Å². The second kappa shape index (κ2) is 2.40. The second-order valence-corrected chi connectivity index (χ2v) is 1.73. The lowest BCUT2D eigenvalue weighted by Gasteiger charge is -1.87. The van der Waals surface area contributed by atoms with Crippen LogP contribution in [0.3, 0.4) is 0 Å². The average Bonchev–Trinajstić information content (AvgIpc) is 2.30.